The number of ether oxygens (including phenoxy) is 2. The zero-order valence-electron chi connectivity index (χ0n) is 15.7. The molecule has 0 fully saturated rings. The molecule has 0 atom stereocenters. The molecule has 0 heterocycles. The van der Waals surface area contributed by atoms with Crippen molar-refractivity contribution in [3.8, 4) is 11.5 Å². The molecule has 3 aromatic carbocycles. The Morgan fingerprint density at radius 3 is 2.30 bits per heavy atom. The van der Waals surface area contributed by atoms with Crippen LogP contribution >= 0.6 is 15.9 Å². The van der Waals surface area contributed by atoms with Crippen LogP contribution in [0.1, 0.15) is 15.9 Å². The molecular formula is C22H22BrNO3. The summed E-state index contributed by atoms with van der Waals surface area (Å²) in [5.74, 6) is 1.07. The van der Waals surface area contributed by atoms with E-state index in [0.29, 0.717) is 28.1 Å². The topological polar surface area (TPSA) is 38.8 Å². The second-order valence-corrected chi connectivity index (χ2v) is 7.10. The number of amides is 1. The summed E-state index contributed by atoms with van der Waals surface area (Å²) < 4.78 is 11.4. The first-order valence-electron chi connectivity index (χ1n) is 8.68. The Hall–Kier alpha value is -2.53. The number of likely N-dealkylation sites (N-methyl/N-ethyl adjacent to an activating group) is 1. The summed E-state index contributed by atoms with van der Waals surface area (Å²) in [6, 6.07) is 18.0. The van der Waals surface area contributed by atoms with Crippen LogP contribution in [0.3, 0.4) is 0 Å². The monoisotopic (exact) mass is 427 g/mol. The smallest absolute Gasteiger partial charge is 0.253 e. The highest BCUT2D eigenvalue weighted by Crippen LogP contribution is 2.35. The van der Waals surface area contributed by atoms with E-state index < -0.39 is 0 Å². The molecule has 0 radical (unpaired) electrons. The van der Waals surface area contributed by atoms with Crippen LogP contribution in [0.4, 0.5) is 0 Å². The molecule has 4 nitrogen and oxygen atoms in total. The Morgan fingerprint density at radius 1 is 1.00 bits per heavy atom. The van der Waals surface area contributed by atoms with Gasteiger partial charge in [0.25, 0.3) is 5.91 Å². The number of carbonyl (C=O) groups is 1. The number of fused-ring (bicyclic) bond motifs is 1. The van der Waals surface area contributed by atoms with Crippen molar-refractivity contribution in [2.75, 3.05) is 27.8 Å². The fourth-order valence-electron chi connectivity index (χ4n) is 3.11. The second-order valence-electron chi connectivity index (χ2n) is 6.31. The van der Waals surface area contributed by atoms with Gasteiger partial charge >= 0.3 is 0 Å². The average molecular weight is 428 g/mol. The van der Waals surface area contributed by atoms with Gasteiger partial charge < -0.3 is 14.4 Å². The van der Waals surface area contributed by atoms with Gasteiger partial charge in [-0.3, -0.25) is 4.79 Å². The Kier molecular flexibility index (Phi) is 6.01. The first kappa shape index (κ1) is 19.2. The molecule has 0 aliphatic rings. The van der Waals surface area contributed by atoms with E-state index in [4.69, 9.17) is 9.47 Å². The standard InChI is InChI=1S/C22H22BrNO3/c1-24(12-11-16-9-6-8-15-7-4-5-10-18(15)16)22(25)17-13-19(26-2)21(23)20(14-17)27-3/h4-10,13-14H,11-12H2,1-3H3. The van der Waals surface area contributed by atoms with Gasteiger partial charge in [-0.2, -0.15) is 0 Å². The lowest BCUT2D eigenvalue weighted by Gasteiger charge is -2.19. The van der Waals surface area contributed by atoms with E-state index in [-0.39, 0.29) is 5.91 Å². The highest BCUT2D eigenvalue weighted by Gasteiger charge is 2.17. The second kappa shape index (κ2) is 8.44. The van der Waals surface area contributed by atoms with Crippen LogP contribution in [0.25, 0.3) is 10.8 Å². The lowest BCUT2D eigenvalue weighted by Crippen LogP contribution is -2.29. The summed E-state index contributed by atoms with van der Waals surface area (Å²) in [5, 5.41) is 2.44. The third kappa shape index (κ3) is 4.08. The number of hydrogen-bond donors (Lipinski definition) is 0. The highest BCUT2D eigenvalue weighted by molar-refractivity contribution is 9.10. The van der Waals surface area contributed by atoms with Crippen molar-refractivity contribution >= 4 is 32.6 Å². The predicted octanol–water partition coefficient (Wildman–Crippen LogP) is 4.93. The van der Waals surface area contributed by atoms with Crippen molar-refractivity contribution in [1.82, 2.24) is 4.90 Å². The van der Waals surface area contributed by atoms with Gasteiger partial charge in [0.15, 0.2) is 0 Å². The van der Waals surface area contributed by atoms with E-state index in [1.165, 1.54) is 16.3 Å². The van der Waals surface area contributed by atoms with Crippen LogP contribution in [-0.4, -0.2) is 38.6 Å². The van der Waals surface area contributed by atoms with Crippen LogP contribution in [0.5, 0.6) is 11.5 Å². The van der Waals surface area contributed by atoms with Gasteiger partial charge in [0.05, 0.1) is 14.2 Å². The Balaban J connectivity index is 1.78. The van der Waals surface area contributed by atoms with Crippen molar-refractivity contribution in [3.63, 3.8) is 0 Å². The molecule has 0 aliphatic carbocycles. The molecule has 0 spiro atoms. The van der Waals surface area contributed by atoms with E-state index in [0.717, 1.165) is 6.42 Å². The van der Waals surface area contributed by atoms with Gasteiger partial charge in [0, 0.05) is 19.2 Å². The molecule has 27 heavy (non-hydrogen) atoms. The summed E-state index contributed by atoms with van der Waals surface area (Å²) in [4.78, 5) is 14.6. The Morgan fingerprint density at radius 2 is 1.63 bits per heavy atom. The predicted molar refractivity (Wildman–Crippen MR) is 112 cm³/mol. The lowest BCUT2D eigenvalue weighted by molar-refractivity contribution is 0.0796. The van der Waals surface area contributed by atoms with Gasteiger partial charge in [-0.25, -0.2) is 0 Å². The largest absolute Gasteiger partial charge is 0.495 e. The maximum absolute atomic E-state index is 12.9. The quantitative estimate of drug-likeness (QED) is 0.559. The van der Waals surface area contributed by atoms with E-state index in [1.807, 2.05) is 19.2 Å². The fourth-order valence-corrected chi connectivity index (χ4v) is 3.67. The number of hydrogen-bond acceptors (Lipinski definition) is 3. The molecule has 0 unspecified atom stereocenters. The first-order chi connectivity index (χ1) is 13.0. The summed E-state index contributed by atoms with van der Waals surface area (Å²) in [7, 11) is 4.95. The SMILES string of the molecule is COc1cc(C(=O)N(C)CCc2cccc3ccccc23)cc(OC)c1Br. The third-order valence-electron chi connectivity index (χ3n) is 4.64. The number of carbonyl (C=O) groups excluding carboxylic acids is 1. The molecule has 1 amide bonds. The molecule has 3 aromatic rings. The van der Waals surface area contributed by atoms with Crippen LogP contribution < -0.4 is 9.47 Å². The molecule has 0 saturated heterocycles. The van der Waals surface area contributed by atoms with Gasteiger partial charge in [-0.05, 0) is 50.8 Å². The van der Waals surface area contributed by atoms with Crippen molar-refractivity contribution in [3.05, 3.63) is 70.2 Å². The number of benzene rings is 3. The summed E-state index contributed by atoms with van der Waals surface area (Å²) in [5.41, 5.74) is 1.77. The maximum atomic E-state index is 12.9. The lowest BCUT2D eigenvalue weighted by atomic mass is 10.0. The average Bonchev–Trinajstić information content (AvgIpc) is 2.71. The maximum Gasteiger partial charge on any atom is 0.253 e. The number of methoxy groups -OCH3 is 2. The first-order valence-corrected chi connectivity index (χ1v) is 9.48. The summed E-state index contributed by atoms with van der Waals surface area (Å²) >= 11 is 3.43. The molecular weight excluding hydrogens is 406 g/mol. The Bertz CT molecular complexity index is 940. The molecule has 0 N–H and O–H groups in total. The minimum atomic E-state index is -0.0701. The minimum Gasteiger partial charge on any atom is -0.495 e. The van der Waals surface area contributed by atoms with E-state index in [1.54, 1.807) is 31.3 Å². The minimum absolute atomic E-state index is 0.0701. The number of halogens is 1. The van der Waals surface area contributed by atoms with Crippen molar-refractivity contribution < 1.29 is 14.3 Å². The summed E-state index contributed by atoms with van der Waals surface area (Å²) in [6.45, 7) is 0.619. The van der Waals surface area contributed by atoms with Crippen LogP contribution in [0, 0.1) is 0 Å². The summed E-state index contributed by atoms with van der Waals surface area (Å²) in [6.07, 6.45) is 0.786. The molecule has 0 aromatic heterocycles. The molecule has 140 valence electrons. The van der Waals surface area contributed by atoms with Gasteiger partial charge in [0.1, 0.15) is 16.0 Å². The zero-order valence-corrected chi connectivity index (χ0v) is 17.2. The van der Waals surface area contributed by atoms with Crippen LogP contribution in [0.15, 0.2) is 59.1 Å². The van der Waals surface area contributed by atoms with Gasteiger partial charge in [-0.1, -0.05) is 42.5 Å². The molecule has 5 heteroatoms. The number of nitrogens with zero attached hydrogens (tertiary/aromatic N) is 1. The normalized spacial score (nSPS) is 10.7. The van der Waals surface area contributed by atoms with E-state index >= 15 is 0 Å². The van der Waals surface area contributed by atoms with E-state index in [2.05, 4.69) is 46.3 Å². The van der Waals surface area contributed by atoms with Gasteiger partial charge in [0.2, 0.25) is 0 Å². The van der Waals surface area contributed by atoms with Crippen molar-refractivity contribution in [2.45, 2.75) is 6.42 Å². The molecule has 3 rings (SSSR count). The van der Waals surface area contributed by atoms with Crippen LogP contribution in [0.2, 0.25) is 0 Å². The fraction of sp³-hybridized carbons (Fsp3) is 0.227. The van der Waals surface area contributed by atoms with Crippen LogP contribution in [-0.2, 0) is 6.42 Å². The third-order valence-corrected chi connectivity index (χ3v) is 5.42. The molecule has 0 aliphatic heterocycles. The molecule has 0 saturated carbocycles. The highest BCUT2D eigenvalue weighted by atomic mass is 79.9. The van der Waals surface area contributed by atoms with E-state index in [9.17, 15) is 4.79 Å². The van der Waals surface area contributed by atoms with Crippen molar-refractivity contribution in [1.29, 1.82) is 0 Å². The zero-order chi connectivity index (χ0) is 19.4. The van der Waals surface area contributed by atoms with Crippen molar-refractivity contribution in [2.24, 2.45) is 0 Å². The Labute approximate surface area is 167 Å². The molecule has 0 bridgehead atoms. The van der Waals surface area contributed by atoms with Gasteiger partial charge in [-0.15, -0.1) is 0 Å². The number of rotatable bonds is 6.